The molecule has 1 aliphatic rings. The van der Waals surface area contributed by atoms with Gasteiger partial charge in [-0.3, -0.25) is 4.79 Å². The normalized spacial score (nSPS) is 17.0. The average Bonchev–Trinajstić information content (AvgIpc) is 3.36. The topological polar surface area (TPSA) is 49.0 Å². The number of aromatic amines is 1. The second kappa shape index (κ2) is 7.03. The number of likely N-dealkylation sites (tertiary alicyclic amines) is 1. The average molecular weight is 369 g/mol. The maximum absolute atomic E-state index is 13.1. The van der Waals surface area contributed by atoms with Gasteiger partial charge in [-0.05, 0) is 49.6 Å². The van der Waals surface area contributed by atoms with E-state index < -0.39 is 0 Å². The number of amides is 1. The molecule has 2 aromatic heterocycles. The van der Waals surface area contributed by atoms with Crippen LogP contribution in [0, 0.1) is 12.7 Å². The van der Waals surface area contributed by atoms with Gasteiger partial charge in [-0.2, -0.15) is 0 Å². The standard InChI is InChI=1S/C20H20FN3OS/c1-13-19(26-18(23-13)12-14-6-8-15(21)9-7-14)20(25)24-11-3-5-17(24)16-4-2-10-22-16/h2,4,6-10,17,22H,3,5,11-12H2,1H3. The van der Waals surface area contributed by atoms with Crippen LogP contribution in [0.4, 0.5) is 4.39 Å². The third-order valence-electron chi connectivity index (χ3n) is 4.80. The molecule has 0 radical (unpaired) electrons. The molecule has 1 N–H and O–H groups in total. The van der Waals surface area contributed by atoms with Crippen LogP contribution < -0.4 is 0 Å². The number of carbonyl (C=O) groups excluding carboxylic acids is 1. The minimum atomic E-state index is -0.246. The summed E-state index contributed by atoms with van der Waals surface area (Å²) in [6.45, 7) is 2.66. The third-order valence-corrected chi connectivity index (χ3v) is 5.94. The Kier molecular flexibility index (Phi) is 4.59. The van der Waals surface area contributed by atoms with Crippen LogP contribution in [-0.4, -0.2) is 27.3 Å². The Labute approximate surface area is 155 Å². The maximum atomic E-state index is 13.1. The van der Waals surface area contributed by atoms with Crippen LogP contribution >= 0.6 is 11.3 Å². The fraction of sp³-hybridized carbons (Fsp3) is 0.300. The van der Waals surface area contributed by atoms with Gasteiger partial charge in [-0.15, -0.1) is 11.3 Å². The molecule has 1 aromatic carbocycles. The maximum Gasteiger partial charge on any atom is 0.266 e. The fourth-order valence-electron chi connectivity index (χ4n) is 3.52. The SMILES string of the molecule is Cc1nc(Cc2ccc(F)cc2)sc1C(=O)N1CCCC1c1ccc[nH]1. The highest BCUT2D eigenvalue weighted by Crippen LogP contribution is 2.34. The molecule has 0 aliphatic carbocycles. The Morgan fingerprint density at radius 2 is 2.15 bits per heavy atom. The van der Waals surface area contributed by atoms with Crippen molar-refractivity contribution in [3.63, 3.8) is 0 Å². The van der Waals surface area contributed by atoms with Crippen molar-refractivity contribution in [3.05, 3.63) is 75.2 Å². The summed E-state index contributed by atoms with van der Waals surface area (Å²) in [5.41, 5.74) is 2.85. The summed E-state index contributed by atoms with van der Waals surface area (Å²) < 4.78 is 13.1. The molecule has 1 saturated heterocycles. The smallest absolute Gasteiger partial charge is 0.266 e. The molecule has 134 valence electrons. The predicted octanol–water partition coefficient (Wildman–Crippen LogP) is 4.49. The third kappa shape index (κ3) is 3.29. The molecule has 1 amide bonds. The lowest BCUT2D eigenvalue weighted by atomic mass is 10.1. The van der Waals surface area contributed by atoms with E-state index in [1.807, 2.05) is 30.2 Å². The molecule has 0 bridgehead atoms. The molecule has 1 fully saturated rings. The first-order valence-electron chi connectivity index (χ1n) is 8.77. The number of benzene rings is 1. The Bertz CT molecular complexity index is 902. The van der Waals surface area contributed by atoms with E-state index in [0.717, 1.165) is 41.3 Å². The van der Waals surface area contributed by atoms with E-state index in [4.69, 9.17) is 0 Å². The van der Waals surface area contributed by atoms with Crippen LogP contribution in [0.3, 0.4) is 0 Å². The number of nitrogens with one attached hydrogen (secondary N) is 1. The summed E-state index contributed by atoms with van der Waals surface area (Å²) in [7, 11) is 0. The van der Waals surface area contributed by atoms with Gasteiger partial charge in [0.05, 0.1) is 16.7 Å². The van der Waals surface area contributed by atoms with Crippen molar-refractivity contribution in [1.82, 2.24) is 14.9 Å². The number of halogens is 1. The largest absolute Gasteiger partial charge is 0.363 e. The lowest BCUT2D eigenvalue weighted by Crippen LogP contribution is -2.30. The Morgan fingerprint density at radius 1 is 1.35 bits per heavy atom. The van der Waals surface area contributed by atoms with Crippen molar-refractivity contribution in [1.29, 1.82) is 0 Å². The quantitative estimate of drug-likeness (QED) is 0.737. The number of aryl methyl sites for hydroxylation is 1. The predicted molar refractivity (Wildman–Crippen MR) is 99.9 cm³/mol. The molecule has 4 nitrogen and oxygen atoms in total. The molecule has 1 atom stereocenters. The van der Waals surface area contributed by atoms with E-state index in [1.54, 1.807) is 12.1 Å². The monoisotopic (exact) mass is 369 g/mol. The van der Waals surface area contributed by atoms with Crippen molar-refractivity contribution < 1.29 is 9.18 Å². The van der Waals surface area contributed by atoms with Crippen LogP contribution in [0.2, 0.25) is 0 Å². The summed E-state index contributed by atoms with van der Waals surface area (Å²) in [5.74, 6) is -0.188. The Hall–Kier alpha value is -2.47. The van der Waals surface area contributed by atoms with Crippen molar-refractivity contribution in [3.8, 4) is 0 Å². The molecule has 4 rings (SSSR count). The first-order valence-corrected chi connectivity index (χ1v) is 9.58. The zero-order chi connectivity index (χ0) is 18.1. The van der Waals surface area contributed by atoms with E-state index in [2.05, 4.69) is 9.97 Å². The van der Waals surface area contributed by atoms with Gasteiger partial charge in [0.25, 0.3) is 5.91 Å². The Balaban J connectivity index is 1.55. The van der Waals surface area contributed by atoms with Gasteiger partial charge in [0.1, 0.15) is 10.7 Å². The molecule has 1 unspecified atom stereocenters. The highest BCUT2D eigenvalue weighted by Gasteiger charge is 2.33. The summed E-state index contributed by atoms with van der Waals surface area (Å²) in [4.78, 5) is 23.6. The zero-order valence-corrected chi connectivity index (χ0v) is 15.4. The fourth-order valence-corrected chi connectivity index (χ4v) is 4.57. The van der Waals surface area contributed by atoms with Crippen LogP contribution in [-0.2, 0) is 6.42 Å². The summed E-state index contributed by atoms with van der Waals surface area (Å²) in [6, 6.07) is 10.5. The highest BCUT2D eigenvalue weighted by atomic mass is 32.1. The lowest BCUT2D eigenvalue weighted by molar-refractivity contribution is 0.0737. The van der Waals surface area contributed by atoms with Crippen molar-refractivity contribution >= 4 is 17.2 Å². The van der Waals surface area contributed by atoms with Crippen molar-refractivity contribution in [2.45, 2.75) is 32.2 Å². The lowest BCUT2D eigenvalue weighted by Gasteiger charge is -2.23. The van der Waals surface area contributed by atoms with E-state index >= 15 is 0 Å². The van der Waals surface area contributed by atoms with Gasteiger partial charge >= 0.3 is 0 Å². The van der Waals surface area contributed by atoms with Crippen molar-refractivity contribution in [2.75, 3.05) is 6.54 Å². The second-order valence-corrected chi connectivity index (χ2v) is 7.69. The number of rotatable bonds is 4. The minimum Gasteiger partial charge on any atom is -0.363 e. The first kappa shape index (κ1) is 17.0. The number of H-pyrrole nitrogens is 1. The van der Waals surface area contributed by atoms with Crippen LogP contribution in [0.5, 0.6) is 0 Å². The van der Waals surface area contributed by atoms with E-state index in [-0.39, 0.29) is 17.8 Å². The van der Waals surface area contributed by atoms with Gasteiger partial charge < -0.3 is 9.88 Å². The van der Waals surface area contributed by atoms with Gasteiger partial charge in [0.15, 0.2) is 0 Å². The number of aromatic nitrogens is 2. The van der Waals surface area contributed by atoms with Gasteiger partial charge in [-0.1, -0.05) is 12.1 Å². The highest BCUT2D eigenvalue weighted by molar-refractivity contribution is 7.13. The van der Waals surface area contributed by atoms with Crippen molar-refractivity contribution in [2.24, 2.45) is 0 Å². The zero-order valence-electron chi connectivity index (χ0n) is 14.5. The van der Waals surface area contributed by atoms with Crippen LogP contribution in [0.25, 0.3) is 0 Å². The van der Waals surface area contributed by atoms with Gasteiger partial charge in [-0.25, -0.2) is 9.37 Å². The van der Waals surface area contributed by atoms with E-state index in [9.17, 15) is 9.18 Å². The Morgan fingerprint density at radius 3 is 2.88 bits per heavy atom. The number of hydrogen-bond donors (Lipinski definition) is 1. The van der Waals surface area contributed by atoms with Crippen LogP contribution in [0.15, 0.2) is 42.6 Å². The molecule has 1 aliphatic heterocycles. The second-order valence-electron chi connectivity index (χ2n) is 6.61. The van der Waals surface area contributed by atoms with E-state index in [1.165, 1.54) is 23.5 Å². The number of nitrogens with zero attached hydrogens (tertiary/aromatic N) is 2. The minimum absolute atomic E-state index is 0.0578. The molecule has 26 heavy (non-hydrogen) atoms. The number of carbonyl (C=O) groups is 1. The summed E-state index contributed by atoms with van der Waals surface area (Å²) >= 11 is 1.45. The first-order chi connectivity index (χ1) is 12.6. The van der Waals surface area contributed by atoms with Gasteiger partial charge in [0.2, 0.25) is 0 Å². The molecule has 0 spiro atoms. The van der Waals surface area contributed by atoms with Crippen LogP contribution in [0.1, 0.15) is 50.5 Å². The van der Waals surface area contributed by atoms with E-state index in [0.29, 0.717) is 11.3 Å². The summed E-state index contributed by atoms with van der Waals surface area (Å²) in [5, 5.41) is 0.882. The number of thiazole rings is 1. The molecule has 3 heterocycles. The molecular formula is C20H20FN3OS. The molecule has 0 saturated carbocycles. The molecular weight excluding hydrogens is 349 g/mol. The number of hydrogen-bond acceptors (Lipinski definition) is 3. The molecule has 6 heteroatoms. The van der Waals surface area contributed by atoms with Gasteiger partial charge in [0, 0.05) is 24.9 Å². The molecule has 3 aromatic rings. The summed E-state index contributed by atoms with van der Waals surface area (Å²) in [6.07, 6.45) is 4.50.